The molecule has 6 rings (SSSR count). The molecule has 7 atom stereocenters. The largest absolute Gasteiger partial charge is 0.494 e. The van der Waals surface area contributed by atoms with Crippen LogP contribution in [-0.4, -0.2) is 76.6 Å². The van der Waals surface area contributed by atoms with E-state index >= 15 is 4.79 Å². The van der Waals surface area contributed by atoms with Gasteiger partial charge in [0.1, 0.15) is 17.4 Å². The number of hydrogen-bond donors (Lipinski definition) is 1. The fraction of sp³-hybridized carbons (Fsp3) is 0.342. The number of para-hydroxylation sites is 1. The van der Waals surface area contributed by atoms with Crippen LogP contribution >= 0.6 is 27.5 Å². The van der Waals surface area contributed by atoms with E-state index in [1.165, 1.54) is 9.80 Å². The lowest BCUT2D eigenvalue weighted by molar-refractivity contribution is -0.144. The van der Waals surface area contributed by atoms with Gasteiger partial charge in [-0.2, -0.15) is 0 Å². The molecule has 3 fully saturated rings. The number of amides is 3. The third-order valence-corrected chi connectivity index (χ3v) is 10.9. The van der Waals surface area contributed by atoms with E-state index in [1.807, 2.05) is 37.3 Å². The van der Waals surface area contributed by atoms with Crippen molar-refractivity contribution in [3.63, 3.8) is 0 Å². The monoisotopic (exact) mass is 747 g/mol. The van der Waals surface area contributed by atoms with Gasteiger partial charge in [0.05, 0.1) is 47.9 Å². The summed E-state index contributed by atoms with van der Waals surface area (Å²) in [6.45, 7) is 9.99. The van der Waals surface area contributed by atoms with Gasteiger partial charge in [-0.15, -0.1) is 13.2 Å². The van der Waals surface area contributed by atoms with Crippen LogP contribution in [0.4, 0.5) is 11.4 Å². The Labute approximate surface area is 299 Å². The number of rotatable bonds is 13. The summed E-state index contributed by atoms with van der Waals surface area (Å²) in [5.74, 6) is -2.45. The highest BCUT2D eigenvalue weighted by atomic mass is 79.9. The topological polar surface area (TPSA) is 99.6 Å². The average Bonchev–Trinajstić information content (AvgIpc) is 3.71. The predicted molar refractivity (Wildman–Crippen MR) is 193 cm³/mol. The van der Waals surface area contributed by atoms with E-state index in [0.717, 1.165) is 0 Å². The van der Waals surface area contributed by atoms with Gasteiger partial charge >= 0.3 is 0 Å². The molecule has 3 heterocycles. The van der Waals surface area contributed by atoms with E-state index in [1.54, 1.807) is 65.6 Å². The number of nitrogens with zero attached hydrogens (tertiary/aromatic N) is 3. The smallest absolute Gasteiger partial charge is 0.253 e. The number of fused-ring (bicyclic) bond motifs is 1. The number of anilines is 2. The Hall–Kier alpha value is -3.96. The summed E-state index contributed by atoms with van der Waals surface area (Å²) in [5, 5.41) is 11.2. The minimum atomic E-state index is -1.38. The summed E-state index contributed by atoms with van der Waals surface area (Å²) in [6.07, 6.45) is 2.83. The van der Waals surface area contributed by atoms with Crippen molar-refractivity contribution in [1.82, 2.24) is 4.90 Å². The number of hydrogen-bond acceptors (Lipinski definition) is 6. The molecule has 9 nitrogen and oxygen atoms in total. The van der Waals surface area contributed by atoms with Crippen molar-refractivity contribution >= 4 is 56.6 Å². The van der Waals surface area contributed by atoms with Gasteiger partial charge in [-0.05, 0) is 55.3 Å². The molecule has 3 aromatic carbocycles. The predicted octanol–water partition coefficient (Wildman–Crippen LogP) is 5.96. The van der Waals surface area contributed by atoms with Crippen molar-refractivity contribution in [1.29, 1.82) is 0 Å². The molecule has 3 aliphatic rings. The number of carbonyl (C=O) groups excluding carboxylic acids is 3. The number of aliphatic hydroxyl groups is 1. The molecule has 3 aliphatic heterocycles. The number of aliphatic hydroxyl groups excluding tert-OH is 1. The Bertz CT molecular complexity index is 1720. The minimum absolute atomic E-state index is 0.103. The van der Waals surface area contributed by atoms with Crippen LogP contribution in [0.1, 0.15) is 24.9 Å². The van der Waals surface area contributed by atoms with Gasteiger partial charge in [-0.1, -0.05) is 82.1 Å². The summed E-state index contributed by atoms with van der Waals surface area (Å²) in [5.41, 5.74) is 0.329. The van der Waals surface area contributed by atoms with Crippen molar-refractivity contribution in [2.75, 3.05) is 36.1 Å². The maximum Gasteiger partial charge on any atom is 0.253 e. The maximum absolute atomic E-state index is 15.1. The molecule has 49 heavy (non-hydrogen) atoms. The number of likely N-dealkylation sites (tertiary alicyclic amines) is 1. The molecule has 1 N–H and O–H groups in total. The zero-order chi connectivity index (χ0) is 34.9. The van der Waals surface area contributed by atoms with Crippen LogP contribution in [0.15, 0.2) is 104 Å². The number of halogens is 2. The van der Waals surface area contributed by atoms with Gasteiger partial charge < -0.3 is 29.3 Å². The Kier molecular flexibility index (Phi) is 10.3. The van der Waals surface area contributed by atoms with Crippen LogP contribution in [0.5, 0.6) is 5.75 Å². The standard InChI is InChI=1S/C38H39BrClN3O6/c1-4-20-41(25-16-18-26(19-17-25)48-6-3)35(45)31-32-36(46)43(30(23-44)24-12-8-7-9-13-24)34(38(32)22-27(39)33(31)49-38)37(47)42(21-5-2)29-15-11-10-14-28(29)40/h4-5,7-19,27,30-34,44H,1-2,6,20-23H2,3H3/t27?,30-,31-,32+,33-,34?,38?/m1/s1. The highest BCUT2D eigenvalue weighted by molar-refractivity contribution is 9.09. The maximum atomic E-state index is 15.1. The van der Waals surface area contributed by atoms with Crippen LogP contribution in [0.25, 0.3) is 0 Å². The molecule has 3 saturated heterocycles. The summed E-state index contributed by atoms with van der Waals surface area (Å²) >= 11 is 10.4. The summed E-state index contributed by atoms with van der Waals surface area (Å²) < 4.78 is 12.4. The van der Waals surface area contributed by atoms with Gasteiger partial charge in [-0.3, -0.25) is 14.4 Å². The molecule has 3 amide bonds. The first-order valence-corrected chi connectivity index (χ1v) is 17.6. The van der Waals surface area contributed by atoms with E-state index < -0.39 is 54.0 Å². The molecule has 0 radical (unpaired) electrons. The van der Waals surface area contributed by atoms with Crippen LogP contribution in [0.3, 0.4) is 0 Å². The number of alkyl halides is 1. The molecule has 0 aromatic heterocycles. The first-order valence-electron chi connectivity index (χ1n) is 16.3. The fourth-order valence-corrected chi connectivity index (χ4v) is 8.95. The van der Waals surface area contributed by atoms with Crippen molar-refractivity contribution in [2.24, 2.45) is 11.8 Å². The van der Waals surface area contributed by atoms with Crippen LogP contribution < -0.4 is 14.5 Å². The molecular formula is C38H39BrClN3O6. The summed E-state index contributed by atoms with van der Waals surface area (Å²) in [6, 6.07) is 21.2. The second-order valence-corrected chi connectivity index (χ2v) is 14.0. The zero-order valence-corrected chi connectivity index (χ0v) is 29.5. The third kappa shape index (κ3) is 5.98. The summed E-state index contributed by atoms with van der Waals surface area (Å²) in [4.78, 5) is 49.0. The lowest BCUT2D eigenvalue weighted by Gasteiger charge is -2.39. The molecule has 3 aromatic rings. The lowest BCUT2D eigenvalue weighted by Crippen LogP contribution is -2.58. The molecular weight excluding hydrogens is 710 g/mol. The van der Waals surface area contributed by atoms with Gasteiger partial charge in [0.15, 0.2) is 0 Å². The van der Waals surface area contributed by atoms with Crippen molar-refractivity contribution < 1.29 is 29.0 Å². The SMILES string of the molecule is C=CCN(C(=O)[C@H]1[C@@H]2OC3(CC2Br)C(C(=O)N(CC=C)c2ccccc2Cl)N([C@H](CO)c2ccccc2)C(=O)[C@H]13)c1ccc(OCC)cc1. The average molecular weight is 749 g/mol. The Morgan fingerprint density at radius 3 is 2.33 bits per heavy atom. The molecule has 256 valence electrons. The number of carbonyl (C=O) groups is 3. The molecule has 2 bridgehead atoms. The van der Waals surface area contributed by atoms with Gasteiger partial charge in [0, 0.05) is 23.6 Å². The van der Waals surface area contributed by atoms with E-state index in [4.69, 9.17) is 21.1 Å². The molecule has 11 heteroatoms. The molecule has 0 saturated carbocycles. The van der Waals surface area contributed by atoms with Gasteiger partial charge in [0.25, 0.3) is 5.91 Å². The van der Waals surface area contributed by atoms with E-state index in [9.17, 15) is 14.7 Å². The minimum Gasteiger partial charge on any atom is -0.494 e. The zero-order valence-electron chi connectivity index (χ0n) is 27.2. The van der Waals surface area contributed by atoms with Crippen molar-refractivity contribution in [3.8, 4) is 5.75 Å². The van der Waals surface area contributed by atoms with Crippen molar-refractivity contribution in [3.05, 3.63) is 115 Å². The Morgan fingerprint density at radius 2 is 1.69 bits per heavy atom. The molecule has 1 spiro atoms. The number of benzene rings is 3. The first kappa shape index (κ1) is 34.9. The second-order valence-electron chi connectivity index (χ2n) is 12.4. The van der Waals surface area contributed by atoms with Gasteiger partial charge in [-0.25, -0.2) is 0 Å². The van der Waals surface area contributed by atoms with Crippen LogP contribution in [-0.2, 0) is 19.1 Å². The fourth-order valence-electron chi connectivity index (χ4n) is 7.77. The van der Waals surface area contributed by atoms with Crippen LogP contribution in [0, 0.1) is 11.8 Å². The Morgan fingerprint density at radius 1 is 1.04 bits per heavy atom. The summed E-state index contributed by atoms with van der Waals surface area (Å²) in [7, 11) is 0. The van der Waals surface area contributed by atoms with E-state index in [-0.39, 0.29) is 23.8 Å². The van der Waals surface area contributed by atoms with Crippen molar-refractivity contribution in [2.45, 2.75) is 42.0 Å². The molecule has 3 unspecified atom stereocenters. The van der Waals surface area contributed by atoms with E-state index in [0.29, 0.717) is 40.7 Å². The Balaban J connectivity index is 1.48. The highest BCUT2D eigenvalue weighted by Crippen LogP contribution is 2.62. The second kappa shape index (κ2) is 14.5. The normalized spacial score (nSPS) is 25.8. The van der Waals surface area contributed by atoms with Gasteiger partial charge in [0.2, 0.25) is 11.8 Å². The third-order valence-electron chi connectivity index (χ3n) is 9.70. The van der Waals surface area contributed by atoms with E-state index in [2.05, 4.69) is 29.1 Å². The quantitative estimate of drug-likeness (QED) is 0.171. The highest BCUT2D eigenvalue weighted by Gasteiger charge is 2.77. The lowest BCUT2D eigenvalue weighted by atomic mass is 9.70. The van der Waals surface area contributed by atoms with Crippen LogP contribution in [0.2, 0.25) is 5.02 Å². The first-order chi connectivity index (χ1) is 23.7. The molecule has 0 aliphatic carbocycles. The number of ether oxygens (including phenoxy) is 2.